The van der Waals surface area contributed by atoms with Crippen molar-refractivity contribution in [2.24, 2.45) is 17.6 Å². The molecule has 6 atom stereocenters. The number of aliphatic hydroxyl groups excluding tert-OH is 1. The fraction of sp³-hybridized carbons (Fsp3) is 0.583. The molecular formula is C36H52BrN3O10. The number of halogens is 1. The minimum atomic E-state index is -1.03. The summed E-state index contributed by atoms with van der Waals surface area (Å²) in [6.07, 6.45) is 6.80. The van der Waals surface area contributed by atoms with Gasteiger partial charge in [0.1, 0.15) is 6.10 Å². The molecule has 1 aliphatic heterocycles. The first-order valence-corrected chi connectivity index (χ1v) is 17.9. The van der Waals surface area contributed by atoms with Crippen LogP contribution in [0.4, 0.5) is 9.59 Å². The topological polar surface area (TPSA) is 193 Å². The van der Waals surface area contributed by atoms with Crippen LogP contribution in [0, 0.1) is 11.8 Å². The van der Waals surface area contributed by atoms with Gasteiger partial charge in [0.15, 0.2) is 6.10 Å². The molecule has 0 spiro atoms. The number of nitrogens with two attached hydrogens (primary N) is 1. The van der Waals surface area contributed by atoms with Gasteiger partial charge in [0.05, 0.1) is 30.2 Å². The molecular weight excluding hydrogens is 714 g/mol. The number of hydrogen-bond donors (Lipinski definition) is 4. The van der Waals surface area contributed by atoms with Crippen LogP contribution in [0.2, 0.25) is 0 Å². The molecule has 13 nitrogen and oxygen atoms in total. The number of amides is 3. The lowest BCUT2D eigenvalue weighted by molar-refractivity contribution is -0.120. The Balaban J connectivity index is 2.48. The van der Waals surface area contributed by atoms with Crippen LogP contribution in [-0.2, 0) is 33.3 Å². The summed E-state index contributed by atoms with van der Waals surface area (Å²) in [5.41, 5.74) is 5.62. The second-order valence-corrected chi connectivity index (χ2v) is 13.4. The maximum atomic E-state index is 13.8. The third-order valence-electron chi connectivity index (χ3n) is 8.53. The SMILES string of the molecule is CO[C@H]1/C=C/C=C(/C)C(=O)NC2=CC(=O)C(NC(=O)OCCCCCCCBr)=C(C[C@@H](C)C[C@H](OC)[C@H](O)[C@@H](C)/C=C(\C)[C@@H]1OC(N)=O)C2=O. The van der Waals surface area contributed by atoms with Gasteiger partial charge in [-0.15, -0.1) is 0 Å². The average molecular weight is 767 g/mol. The fourth-order valence-corrected chi connectivity index (χ4v) is 6.15. The number of alkyl carbamates (subject to hydrolysis) is 1. The number of unbranched alkanes of at least 4 members (excludes halogenated alkanes) is 4. The van der Waals surface area contributed by atoms with E-state index in [0.717, 1.165) is 37.1 Å². The van der Waals surface area contributed by atoms with E-state index in [1.807, 2.05) is 6.92 Å². The van der Waals surface area contributed by atoms with Crippen LogP contribution in [0.25, 0.3) is 0 Å². The number of carbonyl (C=O) groups excluding carboxylic acids is 5. The van der Waals surface area contributed by atoms with Crippen molar-refractivity contribution in [1.82, 2.24) is 10.6 Å². The fourth-order valence-electron chi connectivity index (χ4n) is 5.75. The lowest BCUT2D eigenvalue weighted by Gasteiger charge is -2.30. The van der Waals surface area contributed by atoms with Gasteiger partial charge in [0.2, 0.25) is 11.6 Å². The molecule has 14 heteroatoms. The third-order valence-corrected chi connectivity index (χ3v) is 9.09. The molecule has 3 amide bonds. The van der Waals surface area contributed by atoms with Gasteiger partial charge in [-0.3, -0.25) is 19.7 Å². The molecule has 50 heavy (non-hydrogen) atoms. The van der Waals surface area contributed by atoms with Gasteiger partial charge in [0, 0.05) is 42.7 Å². The van der Waals surface area contributed by atoms with E-state index in [4.69, 9.17) is 24.7 Å². The van der Waals surface area contributed by atoms with Crippen molar-refractivity contribution in [2.75, 3.05) is 26.2 Å². The van der Waals surface area contributed by atoms with E-state index in [1.165, 1.54) is 33.3 Å². The van der Waals surface area contributed by atoms with Crippen molar-refractivity contribution in [2.45, 2.75) is 97.1 Å². The molecule has 0 saturated heterocycles. The lowest BCUT2D eigenvalue weighted by Crippen LogP contribution is -2.38. The number of nitrogens with one attached hydrogen (secondary N) is 2. The minimum Gasteiger partial charge on any atom is -0.449 e. The van der Waals surface area contributed by atoms with Gasteiger partial charge in [-0.1, -0.05) is 73.3 Å². The number of hydrogen-bond acceptors (Lipinski definition) is 10. The smallest absolute Gasteiger partial charge is 0.411 e. The Morgan fingerprint density at radius 1 is 1.06 bits per heavy atom. The highest BCUT2D eigenvalue weighted by Crippen LogP contribution is 2.29. The van der Waals surface area contributed by atoms with E-state index in [-0.39, 0.29) is 47.9 Å². The van der Waals surface area contributed by atoms with Crippen molar-refractivity contribution in [3.63, 3.8) is 0 Å². The predicted molar refractivity (Wildman–Crippen MR) is 191 cm³/mol. The molecule has 0 aromatic rings. The average Bonchev–Trinajstić information content (AvgIpc) is 3.06. The Hall–Kier alpha value is -3.59. The minimum absolute atomic E-state index is 0.00558. The van der Waals surface area contributed by atoms with Crippen LogP contribution in [0.15, 0.2) is 58.5 Å². The molecule has 2 aliphatic rings. The van der Waals surface area contributed by atoms with Crippen molar-refractivity contribution in [3.8, 4) is 0 Å². The highest BCUT2D eigenvalue weighted by molar-refractivity contribution is 9.09. The summed E-state index contributed by atoms with van der Waals surface area (Å²) in [6, 6.07) is 0. The van der Waals surface area contributed by atoms with Crippen LogP contribution < -0.4 is 16.4 Å². The highest BCUT2D eigenvalue weighted by Gasteiger charge is 2.34. The monoisotopic (exact) mass is 765 g/mol. The molecule has 278 valence electrons. The van der Waals surface area contributed by atoms with Crippen molar-refractivity contribution in [1.29, 1.82) is 0 Å². The number of ketones is 2. The standard InChI is InChI=1S/C36H52BrN3O10/c1-21-17-25-30(40-36(46)49-16-11-9-7-8-10-15-37)27(41)20-26(32(25)43)39-34(44)22(2)13-12-14-28(47-5)33(50-35(38)45)24(4)19-23(3)31(42)29(18-21)48-6/h12-14,19-21,23,28-29,31,33,42H,7-11,15-18H2,1-6H3,(H2,38,45)(H,39,44)(H,40,46)/b14-12+,22-13-,24-19+/t21-,23+,28+,29+,31-,33+/m1/s1. The number of allylic oxidation sites excluding steroid dienone is 4. The van der Waals surface area contributed by atoms with E-state index >= 15 is 0 Å². The zero-order valence-electron chi connectivity index (χ0n) is 29.8. The zero-order valence-corrected chi connectivity index (χ0v) is 31.4. The van der Waals surface area contributed by atoms with Crippen LogP contribution in [0.1, 0.15) is 72.6 Å². The number of rotatable bonds is 11. The summed E-state index contributed by atoms with van der Waals surface area (Å²) in [5.74, 6) is -2.81. The number of aliphatic hydroxyl groups is 1. The quantitative estimate of drug-likeness (QED) is 0.0980. The van der Waals surface area contributed by atoms with E-state index in [1.54, 1.807) is 26.0 Å². The first-order valence-electron chi connectivity index (χ1n) is 16.8. The largest absolute Gasteiger partial charge is 0.449 e. The van der Waals surface area contributed by atoms with Gasteiger partial charge in [-0.05, 0) is 51.0 Å². The van der Waals surface area contributed by atoms with Gasteiger partial charge in [-0.2, -0.15) is 0 Å². The first kappa shape index (κ1) is 42.6. The second-order valence-electron chi connectivity index (χ2n) is 12.6. The summed E-state index contributed by atoms with van der Waals surface area (Å²) in [6.45, 7) is 6.97. The molecule has 5 N–H and O–H groups in total. The Kier molecular flexibility index (Phi) is 18.4. The van der Waals surface area contributed by atoms with Gasteiger partial charge < -0.3 is 35.1 Å². The molecule has 2 bridgehead atoms. The van der Waals surface area contributed by atoms with Crippen LogP contribution in [0.5, 0.6) is 0 Å². The van der Waals surface area contributed by atoms with Crippen LogP contribution in [-0.4, -0.2) is 85.3 Å². The summed E-state index contributed by atoms with van der Waals surface area (Å²) in [5, 5.41) is 17.3. The number of fused-ring (bicyclic) bond motifs is 2. The lowest BCUT2D eigenvalue weighted by atomic mass is 9.85. The number of alkyl halides is 1. The molecule has 0 saturated carbocycles. The summed E-state index contributed by atoms with van der Waals surface area (Å²) in [7, 11) is 2.87. The summed E-state index contributed by atoms with van der Waals surface area (Å²) >= 11 is 3.40. The number of Topliss-reactive ketones (excluding diaryl/α,β-unsaturated/α-hetero) is 1. The molecule has 0 aromatic heterocycles. The summed E-state index contributed by atoms with van der Waals surface area (Å²) < 4.78 is 21.9. The molecule has 2 rings (SSSR count). The number of methoxy groups -OCH3 is 2. The van der Waals surface area contributed by atoms with Gasteiger partial charge in [0.25, 0.3) is 5.91 Å². The van der Waals surface area contributed by atoms with E-state index < -0.39 is 60.0 Å². The Labute approximate surface area is 302 Å². The number of carbonyl (C=O) groups is 5. The van der Waals surface area contributed by atoms with Crippen molar-refractivity contribution >= 4 is 45.6 Å². The first-order chi connectivity index (χ1) is 23.7. The highest BCUT2D eigenvalue weighted by atomic mass is 79.9. The maximum Gasteiger partial charge on any atom is 0.411 e. The molecule has 0 fully saturated rings. The predicted octanol–water partition coefficient (Wildman–Crippen LogP) is 4.83. The van der Waals surface area contributed by atoms with Gasteiger partial charge in [-0.25, -0.2) is 9.59 Å². The van der Waals surface area contributed by atoms with E-state index in [9.17, 15) is 29.1 Å². The van der Waals surface area contributed by atoms with Crippen LogP contribution >= 0.6 is 15.9 Å². The van der Waals surface area contributed by atoms with Crippen LogP contribution in [0.3, 0.4) is 0 Å². The van der Waals surface area contributed by atoms with E-state index in [0.29, 0.717) is 12.0 Å². The maximum absolute atomic E-state index is 13.8. The third kappa shape index (κ3) is 13.3. The Morgan fingerprint density at radius 3 is 2.38 bits per heavy atom. The summed E-state index contributed by atoms with van der Waals surface area (Å²) in [4.78, 5) is 64.9. The Morgan fingerprint density at radius 2 is 1.74 bits per heavy atom. The van der Waals surface area contributed by atoms with Crippen molar-refractivity contribution in [3.05, 3.63) is 58.5 Å². The van der Waals surface area contributed by atoms with Gasteiger partial charge >= 0.3 is 12.2 Å². The molecule has 0 unspecified atom stereocenters. The number of ether oxygens (including phenoxy) is 4. The van der Waals surface area contributed by atoms with E-state index in [2.05, 4.69) is 26.6 Å². The molecule has 1 aliphatic carbocycles. The molecule has 0 radical (unpaired) electrons. The number of primary amides is 1. The van der Waals surface area contributed by atoms with Crippen molar-refractivity contribution < 1.29 is 48.0 Å². The normalized spacial score (nSPS) is 28.4. The second kappa shape index (κ2) is 21.6. The molecule has 1 heterocycles. The zero-order chi connectivity index (χ0) is 37.4. The Bertz CT molecular complexity index is 1390. The molecule has 0 aromatic carbocycles.